The molecule has 0 nitrogen and oxygen atoms in total. The van der Waals surface area contributed by atoms with Crippen LogP contribution in [0.5, 0.6) is 0 Å². The van der Waals surface area contributed by atoms with Crippen molar-refractivity contribution in [2.24, 2.45) is 35.5 Å². The first-order valence-electron chi connectivity index (χ1n) is 7.39. The van der Waals surface area contributed by atoms with Gasteiger partial charge in [0.05, 0.1) is 0 Å². The molecule has 0 heterocycles. The number of hydrogen-bond donors (Lipinski definition) is 0. The number of allylic oxidation sites excluding steroid dienone is 2. The Bertz CT molecular complexity index is 250. The Hall–Kier alpha value is -0.260. The summed E-state index contributed by atoms with van der Waals surface area (Å²) in [5, 5.41) is 0. The van der Waals surface area contributed by atoms with Gasteiger partial charge in [0.15, 0.2) is 0 Å². The Labute approximate surface area is 101 Å². The summed E-state index contributed by atoms with van der Waals surface area (Å²) in [6, 6.07) is 0. The molecule has 16 heavy (non-hydrogen) atoms. The lowest BCUT2D eigenvalue weighted by atomic mass is 9.58. The van der Waals surface area contributed by atoms with Gasteiger partial charge < -0.3 is 0 Å². The molecule has 0 bridgehead atoms. The van der Waals surface area contributed by atoms with E-state index in [-0.39, 0.29) is 0 Å². The van der Waals surface area contributed by atoms with Crippen molar-refractivity contribution in [3.63, 3.8) is 0 Å². The van der Waals surface area contributed by atoms with E-state index in [1.165, 1.54) is 25.7 Å². The third-order valence-electron chi connectivity index (χ3n) is 5.91. The Balaban J connectivity index is 1.71. The number of rotatable bonds is 0. The molecule has 0 spiro atoms. The summed E-state index contributed by atoms with van der Waals surface area (Å²) in [6.45, 7) is 4.96. The quantitative estimate of drug-likeness (QED) is 0.519. The second-order valence-corrected chi connectivity index (χ2v) is 6.88. The standard InChI is InChI=1S/C16H26/c1-11-7-15-9-13-5-3-4-6-14(13)10-16(15)8-12(11)2/h3-4,11-16H,5-10H2,1-2H3. The van der Waals surface area contributed by atoms with Gasteiger partial charge in [0, 0.05) is 0 Å². The molecule has 0 saturated heterocycles. The van der Waals surface area contributed by atoms with Crippen molar-refractivity contribution in [3.8, 4) is 0 Å². The van der Waals surface area contributed by atoms with Crippen LogP contribution in [0.15, 0.2) is 12.2 Å². The van der Waals surface area contributed by atoms with Crippen LogP contribution in [0.4, 0.5) is 0 Å². The summed E-state index contributed by atoms with van der Waals surface area (Å²) >= 11 is 0. The molecule has 0 heteroatoms. The van der Waals surface area contributed by atoms with Gasteiger partial charge in [0.1, 0.15) is 0 Å². The van der Waals surface area contributed by atoms with Gasteiger partial charge in [-0.25, -0.2) is 0 Å². The van der Waals surface area contributed by atoms with E-state index in [4.69, 9.17) is 0 Å². The first-order valence-corrected chi connectivity index (χ1v) is 7.39. The molecular weight excluding hydrogens is 192 g/mol. The highest BCUT2D eigenvalue weighted by Crippen LogP contribution is 2.51. The van der Waals surface area contributed by atoms with Crippen LogP contribution in [0.2, 0.25) is 0 Å². The molecule has 0 aromatic carbocycles. The Kier molecular flexibility index (Phi) is 2.85. The summed E-state index contributed by atoms with van der Waals surface area (Å²) in [7, 11) is 0. The van der Waals surface area contributed by atoms with E-state index in [0.29, 0.717) is 0 Å². The molecule has 3 rings (SSSR count). The minimum Gasteiger partial charge on any atom is -0.0882 e. The maximum atomic E-state index is 2.48. The summed E-state index contributed by atoms with van der Waals surface area (Å²) in [5.41, 5.74) is 0. The summed E-state index contributed by atoms with van der Waals surface area (Å²) in [5.74, 6) is 6.23. The average molecular weight is 218 g/mol. The lowest BCUT2D eigenvalue weighted by Gasteiger charge is -2.48. The van der Waals surface area contributed by atoms with E-state index in [9.17, 15) is 0 Å². The normalized spacial score (nSPS) is 51.9. The van der Waals surface area contributed by atoms with E-state index in [1.807, 2.05) is 0 Å². The monoisotopic (exact) mass is 218 g/mol. The third kappa shape index (κ3) is 1.85. The van der Waals surface area contributed by atoms with Crippen molar-refractivity contribution >= 4 is 0 Å². The average Bonchev–Trinajstić information content (AvgIpc) is 2.28. The van der Waals surface area contributed by atoms with Crippen LogP contribution in [-0.4, -0.2) is 0 Å². The molecule has 2 saturated carbocycles. The molecule has 0 aromatic rings. The Morgan fingerprint density at radius 2 is 1.06 bits per heavy atom. The zero-order chi connectivity index (χ0) is 11.1. The minimum atomic E-state index is 0.983. The van der Waals surface area contributed by atoms with Gasteiger partial charge in [-0.1, -0.05) is 26.0 Å². The third-order valence-corrected chi connectivity index (χ3v) is 5.91. The van der Waals surface area contributed by atoms with E-state index < -0.39 is 0 Å². The van der Waals surface area contributed by atoms with Crippen LogP contribution in [0.3, 0.4) is 0 Å². The van der Waals surface area contributed by atoms with Crippen LogP contribution >= 0.6 is 0 Å². The minimum absolute atomic E-state index is 0.983. The van der Waals surface area contributed by atoms with E-state index in [2.05, 4.69) is 26.0 Å². The van der Waals surface area contributed by atoms with Gasteiger partial charge >= 0.3 is 0 Å². The SMILES string of the molecule is CC1CC2CC3CC=CCC3CC2CC1C. The molecule has 0 aliphatic heterocycles. The maximum Gasteiger partial charge on any atom is -0.0319 e. The zero-order valence-corrected chi connectivity index (χ0v) is 10.9. The topological polar surface area (TPSA) is 0 Å². The molecule has 3 aliphatic rings. The maximum absolute atomic E-state index is 2.48. The van der Waals surface area contributed by atoms with Gasteiger partial charge in [-0.3, -0.25) is 0 Å². The highest BCUT2D eigenvalue weighted by atomic mass is 14.5. The van der Waals surface area contributed by atoms with Crippen molar-refractivity contribution in [1.29, 1.82) is 0 Å². The molecule has 3 aliphatic carbocycles. The van der Waals surface area contributed by atoms with Crippen LogP contribution < -0.4 is 0 Å². The first-order chi connectivity index (χ1) is 7.74. The fourth-order valence-corrected chi connectivity index (χ4v) is 4.66. The summed E-state index contributed by atoms with van der Waals surface area (Å²) < 4.78 is 0. The lowest BCUT2D eigenvalue weighted by Crippen LogP contribution is -2.38. The first kappa shape index (κ1) is 10.9. The second kappa shape index (κ2) is 4.20. The largest absolute Gasteiger partial charge is 0.0882 e. The van der Waals surface area contributed by atoms with E-state index in [0.717, 1.165) is 35.5 Å². The Morgan fingerprint density at radius 1 is 0.625 bits per heavy atom. The van der Waals surface area contributed by atoms with Crippen molar-refractivity contribution in [2.75, 3.05) is 0 Å². The van der Waals surface area contributed by atoms with Crippen LogP contribution in [0.25, 0.3) is 0 Å². The zero-order valence-electron chi connectivity index (χ0n) is 10.9. The van der Waals surface area contributed by atoms with E-state index in [1.54, 1.807) is 12.8 Å². The second-order valence-electron chi connectivity index (χ2n) is 6.88. The highest BCUT2D eigenvalue weighted by molar-refractivity contribution is 5.00. The predicted molar refractivity (Wildman–Crippen MR) is 69.1 cm³/mol. The van der Waals surface area contributed by atoms with Crippen molar-refractivity contribution in [3.05, 3.63) is 12.2 Å². The summed E-state index contributed by atoms with van der Waals surface area (Å²) in [4.78, 5) is 0. The molecule has 0 aromatic heterocycles. The Morgan fingerprint density at radius 3 is 1.50 bits per heavy atom. The molecule has 0 amide bonds. The predicted octanol–water partition coefficient (Wildman–Crippen LogP) is 4.66. The van der Waals surface area contributed by atoms with Gasteiger partial charge in [0.25, 0.3) is 0 Å². The fraction of sp³-hybridized carbons (Fsp3) is 0.875. The smallest absolute Gasteiger partial charge is 0.0319 e. The molecule has 90 valence electrons. The number of hydrogen-bond acceptors (Lipinski definition) is 0. The van der Waals surface area contributed by atoms with Crippen molar-refractivity contribution in [1.82, 2.24) is 0 Å². The molecule has 2 fully saturated rings. The molecule has 6 atom stereocenters. The van der Waals surface area contributed by atoms with Crippen LogP contribution in [0, 0.1) is 35.5 Å². The van der Waals surface area contributed by atoms with Gasteiger partial charge in [-0.2, -0.15) is 0 Å². The summed E-state index contributed by atoms with van der Waals surface area (Å²) in [6.07, 6.45) is 13.8. The van der Waals surface area contributed by atoms with Crippen LogP contribution in [-0.2, 0) is 0 Å². The fourth-order valence-electron chi connectivity index (χ4n) is 4.66. The van der Waals surface area contributed by atoms with E-state index >= 15 is 0 Å². The lowest BCUT2D eigenvalue weighted by molar-refractivity contribution is 0.0338. The molecule has 6 unspecified atom stereocenters. The molecule has 0 radical (unpaired) electrons. The van der Waals surface area contributed by atoms with Gasteiger partial charge in [0.2, 0.25) is 0 Å². The molecular formula is C16H26. The van der Waals surface area contributed by atoms with Gasteiger partial charge in [-0.05, 0) is 74.0 Å². The number of fused-ring (bicyclic) bond motifs is 2. The molecule has 0 N–H and O–H groups in total. The van der Waals surface area contributed by atoms with Crippen molar-refractivity contribution in [2.45, 2.75) is 52.4 Å². The van der Waals surface area contributed by atoms with Crippen molar-refractivity contribution < 1.29 is 0 Å². The van der Waals surface area contributed by atoms with Gasteiger partial charge in [-0.15, -0.1) is 0 Å². The van der Waals surface area contributed by atoms with Crippen LogP contribution in [0.1, 0.15) is 52.4 Å². The highest BCUT2D eigenvalue weighted by Gasteiger charge is 2.41.